The molecule has 2 atom stereocenters. The third kappa shape index (κ3) is 4.17. The van der Waals surface area contributed by atoms with Crippen LogP contribution in [0.2, 0.25) is 0 Å². The van der Waals surface area contributed by atoms with Crippen LogP contribution in [0.15, 0.2) is 48.5 Å². The molecule has 2 aromatic rings. The van der Waals surface area contributed by atoms with Crippen molar-refractivity contribution in [3.63, 3.8) is 0 Å². The zero-order valence-electron chi connectivity index (χ0n) is 16.4. The van der Waals surface area contributed by atoms with Crippen LogP contribution in [0.25, 0.3) is 11.1 Å². The van der Waals surface area contributed by atoms with Gasteiger partial charge in [-0.25, -0.2) is 9.59 Å². The number of carbonyl (C=O) groups excluding carboxylic acids is 1. The minimum absolute atomic E-state index is 0.0550. The lowest BCUT2D eigenvalue weighted by Gasteiger charge is -2.24. The summed E-state index contributed by atoms with van der Waals surface area (Å²) < 4.78 is 5.45. The van der Waals surface area contributed by atoms with Crippen LogP contribution in [0.1, 0.15) is 24.0 Å². The molecule has 2 unspecified atom stereocenters. The maximum absolute atomic E-state index is 12.3. The van der Waals surface area contributed by atoms with E-state index in [1.807, 2.05) is 55.4 Å². The zero-order chi connectivity index (χ0) is 20.3. The monoisotopic (exact) mass is 382 g/mol. The van der Waals surface area contributed by atoms with Crippen molar-refractivity contribution in [3.05, 3.63) is 59.7 Å². The Morgan fingerprint density at radius 1 is 1.07 bits per heavy atom. The Bertz CT molecular complexity index is 820. The van der Waals surface area contributed by atoms with Crippen molar-refractivity contribution in [1.29, 1.82) is 0 Å². The number of ether oxygens (including phenoxy) is 1. The molecule has 2 N–H and O–H groups in total. The van der Waals surface area contributed by atoms with Crippen molar-refractivity contribution in [3.8, 4) is 11.1 Å². The maximum atomic E-state index is 12.3. The fourth-order valence-corrected chi connectivity index (χ4v) is 3.90. The number of carboxylic acid groups (broad SMARTS) is 1. The Kier molecular flexibility index (Phi) is 5.99. The van der Waals surface area contributed by atoms with Crippen LogP contribution in [0.5, 0.6) is 0 Å². The first-order chi connectivity index (χ1) is 13.4. The van der Waals surface area contributed by atoms with Crippen molar-refractivity contribution in [2.45, 2.75) is 18.9 Å². The van der Waals surface area contributed by atoms with Gasteiger partial charge >= 0.3 is 12.1 Å². The van der Waals surface area contributed by atoms with Crippen LogP contribution in [0, 0.1) is 5.92 Å². The second-order valence-electron chi connectivity index (χ2n) is 7.53. The van der Waals surface area contributed by atoms with E-state index in [2.05, 4.69) is 17.4 Å². The molecule has 6 nitrogen and oxygen atoms in total. The van der Waals surface area contributed by atoms with Crippen LogP contribution in [0.4, 0.5) is 4.79 Å². The van der Waals surface area contributed by atoms with Crippen molar-refractivity contribution in [2.75, 3.05) is 27.2 Å². The highest BCUT2D eigenvalue weighted by atomic mass is 16.5. The van der Waals surface area contributed by atoms with E-state index in [0.29, 0.717) is 6.54 Å². The average molecular weight is 382 g/mol. The quantitative estimate of drug-likeness (QED) is 0.769. The standard InChI is InChI=1S/C22H26N2O4/c1-14(12-24(2)3)20(21(25)26)23-22(27)28-13-19-17-10-6-4-8-15(17)16-9-5-7-11-18(16)19/h4-11,14,19-20H,12-13H2,1-3H3,(H,23,27)(H,25,26). The molecule has 0 aliphatic heterocycles. The summed E-state index contributed by atoms with van der Waals surface area (Å²) in [5.41, 5.74) is 4.53. The molecule has 2 aromatic carbocycles. The summed E-state index contributed by atoms with van der Waals surface area (Å²) in [7, 11) is 3.73. The zero-order valence-corrected chi connectivity index (χ0v) is 16.4. The van der Waals surface area contributed by atoms with Crippen LogP contribution in [0.3, 0.4) is 0 Å². The van der Waals surface area contributed by atoms with Crippen molar-refractivity contribution < 1.29 is 19.4 Å². The molecule has 1 aliphatic carbocycles. The Morgan fingerprint density at radius 2 is 1.61 bits per heavy atom. The number of carbonyl (C=O) groups is 2. The number of benzene rings is 2. The summed E-state index contributed by atoms with van der Waals surface area (Å²) in [4.78, 5) is 25.8. The molecule has 0 heterocycles. The predicted molar refractivity (Wildman–Crippen MR) is 107 cm³/mol. The highest BCUT2D eigenvalue weighted by Gasteiger charge is 2.31. The van der Waals surface area contributed by atoms with Gasteiger partial charge in [0.25, 0.3) is 0 Å². The Labute approximate surface area is 165 Å². The van der Waals surface area contributed by atoms with Gasteiger partial charge in [0, 0.05) is 12.5 Å². The lowest BCUT2D eigenvalue weighted by atomic mass is 9.98. The molecule has 28 heavy (non-hydrogen) atoms. The van der Waals surface area contributed by atoms with Gasteiger partial charge in [-0.1, -0.05) is 55.5 Å². The summed E-state index contributed by atoms with van der Waals surface area (Å²) >= 11 is 0. The number of hydrogen-bond acceptors (Lipinski definition) is 4. The van der Waals surface area contributed by atoms with Crippen molar-refractivity contribution in [2.24, 2.45) is 5.92 Å². The fraction of sp³-hybridized carbons (Fsp3) is 0.364. The number of nitrogens with zero attached hydrogens (tertiary/aromatic N) is 1. The molecule has 0 bridgehead atoms. The van der Waals surface area contributed by atoms with Gasteiger partial charge in [-0.2, -0.15) is 0 Å². The summed E-state index contributed by atoms with van der Waals surface area (Å²) in [5, 5.41) is 12.0. The number of alkyl carbamates (subject to hydrolysis) is 1. The van der Waals surface area contributed by atoms with Gasteiger partial charge in [-0.3, -0.25) is 0 Å². The second kappa shape index (κ2) is 8.44. The van der Waals surface area contributed by atoms with E-state index >= 15 is 0 Å². The van der Waals surface area contributed by atoms with E-state index in [1.165, 1.54) is 0 Å². The molecule has 0 radical (unpaired) electrons. The van der Waals surface area contributed by atoms with Gasteiger partial charge in [0.1, 0.15) is 12.6 Å². The molecule has 1 amide bonds. The number of rotatable bonds is 7. The number of carboxylic acids is 1. The number of fused-ring (bicyclic) bond motifs is 3. The Hall–Kier alpha value is -2.86. The third-order valence-corrected chi connectivity index (χ3v) is 5.11. The van der Waals surface area contributed by atoms with E-state index < -0.39 is 18.1 Å². The van der Waals surface area contributed by atoms with Crippen molar-refractivity contribution in [1.82, 2.24) is 10.2 Å². The maximum Gasteiger partial charge on any atom is 0.407 e. The van der Waals surface area contributed by atoms with Gasteiger partial charge in [-0.05, 0) is 42.3 Å². The minimum atomic E-state index is -1.07. The number of nitrogens with one attached hydrogen (secondary N) is 1. The first-order valence-corrected chi connectivity index (χ1v) is 9.37. The lowest BCUT2D eigenvalue weighted by Crippen LogP contribution is -2.48. The molecule has 1 aliphatic rings. The molecule has 148 valence electrons. The van der Waals surface area contributed by atoms with E-state index in [0.717, 1.165) is 22.3 Å². The Morgan fingerprint density at radius 3 is 2.11 bits per heavy atom. The first kappa shape index (κ1) is 19.9. The van der Waals surface area contributed by atoms with E-state index in [4.69, 9.17) is 4.74 Å². The number of amides is 1. The van der Waals surface area contributed by atoms with Crippen LogP contribution in [-0.2, 0) is 9.53 Å². The highest BCUT2D eigenvalue weighted by molar-refractivity contribution is 5.81. The Balaban J connectivity index is 1.68. The molecule has 0 saturated heterocycles. The first-order valence-electron chi connectivity index (χ1n) is 9.37. The molecule has 6 heteroatoms. The van der Waals surface area contributed by atoms with Gasteiger partial charge in [0.05, 0.1) is 0 Å². The SMILES string of the molecule is CC(CN(C)C)C(NC(=O)OCC1c2ccccc2-c2ccccc21)C(=O)O. The minimum Gasteiger partial charge on any atom is -0.480 e. The molecular weight excluding hydrogens is 356 g/mol. The largest absolute Gasteiger partial charge is 0.480 e. The lowest BCUT2D eigenvalue weighted by molar-refractivity contribution is -0.140. The predicted octanol–water partition coefficient (Wildman–Crippen LogP) is 3.18. The normalized spacial score (nSPS) is 14.9. The molecule has 0 saturated carbocycles. The smallest absolute Gasteiger partial charge is 0.407 e. The number of aliphatic carboxylic acids is 1. The van der Waals surface area contributed by atoms with Gasteiger partial charge in [0.2, 0.25) is 0 Å². The average Bonchev–Trinajstić information content (AvgIpc) is 2.97. The van der Waals surface area contributed by atoms with Crippen LogP contribution < -0.4 is 5.32 Å². The molecule has 0 fully saturated rings. The number of hydrogen-bond donors (Lipinski definition) is 2. The van der Waals surface area contributed by atoms with Gasteiger partial charge < -0.3 is 20.1 Å². The molecule has 0 aromatic heterocycles. The van der Waals surface area contributed by atoms with Gasteiger partial charge in [-0.15, -0.1) is 0 Å². The fourth-order valence-electron chi connectivity index (χ4n) is 3.90. The van der Waals surface area contributed by atoms with Crippen LogP contribution >= 0.6 is 0 Å². The summed E-state index contributed by atoms with van der Waals surface area (Å²) in [6, 6.07) is 15.2. The summed E-state index contributed by atoms with van der Waals surface area (Å²) in [5.74, 6) is -1.38. The molecule has 0 spiro atoms. The molecule has 3 rings (SSSR count). The van der Waals surface area contributed by atoms with Crippen LogP contribution in [-0.4, -0.2) is 55.4 Å². The highest BCUT2D eigenvalue weighted by Crippen LogP contribution is 2.44. The van der Waals surface area contributed by atoms with E-state index in [9.17, 15) is 14.7 Å². The van der Waals surface area contributed by atoms with Gasteiger partial charge in [0.15, 0.2) is 0 Å². The summed E-state index contributed by atoms with van der Waals surface area (Å²) in [6.07, 6.45) is -0.708. The van der Waals surface area contributed by atoms with E-state index in [-0.39, 0.29) is 18.4 Å². The third-order valence-electron chi connectivity index (χ3n) is 5.11. The van der Waals surface area contributed by atoms with E-state index in [1.54, 1.807) is 6.92 Å². The van der Waals surface area contributed by atoms with Crippen molar-refractivity contribution >= 4 is 12.1 Å². The second-order valence-corrected chi connectivity index (χ2v) is 7.53. The molecular formula is C22H26N2O4. The summed E-state index contributed by atoms with van der Waals surface area (Å²) in [6.45, 7) is 2.50. The topological polar surface area (TPSA) is 78.9 Å².